The fraction of sp³-hybridized carbons (Fsp3) is 0. The molecular weight excluding hydrogens is 697 g/mol. The summed E-state index contributed by atoms with van der Waals surface area (Å²) >= 11 is 0. The van der Waals surface area contributed by atoms with Crippen molar-refractivity contribution in [1.29, 1.82) is 15.8 Å². The van der Waals surface area contributed by atoms with Crippen molar-refractivity contribution < 1.29 is 0 Å². The van der Waals surface area contributed by atoms with E-state index in [0.29, 0.717) is 16.7 Å². The lowest BCUT2D eigenvalue weighted by atomic mass is 10.00. The number of para-hydroxylation sites is 5. The molecule has 6 nitrogen and oxygen atoms in total. The van der Waals surface area contributed by atoms with Crippen molar-refractivity contribution >= 4 is 65.4 Å². The van der Waals surface area contributed by atoms with Gasteiger partial charge in [0.25, 0.3) is 0 Å². The fourth-order valence-electron chi connectivity index (χ4n) is 8.94. The minimum absolute atomic E-state index is 0.517. The maximum atomic E-state index is 11.0. The van der Waals surface area contributed by atoms with Gasteiger partial charge in [-0.15, -0.1) is 0 Å². The number of nitriles is 3. The number of aromatic nitrogens is 3. The summed E-state index contributed by atoms with van der Waals surface area (Å²) in [5, 5.41) is 37.0. The van der Waals surface area contributed by atoms with E-state index in [-0.39, 0.29) is 0 Å². The molecule has 0 aliphatic heterocycles. The molecule has 0 aliphatic rings. The average molecular weight is 725 g/mol. The van der Waals surface area contributed by atoms with Crippen molar-refractivity contribution in [1.82, 2.24) is 13.7 Å². The smallest absolute Gasteiger partial charge is 0.101 e. The van der Waals surface area contributed by atoms with Crippen LogP contribution in [0.3, 0.4) is 0 Å². The van der Waals surface area contributed by atoms with E-state index in [0.717, 1.165) is 93.6 Å². The zero-order chi connectivity index (χ0) is 38.2. The molecule has 0 fully saturated rings. The van der Waals surface area contributed by atoms with Crippen LogP contribution >= 0.6 is 0 Å². The van der Waals surface area contributed by atoms with E-state index >= 15 is 0 Å². The number of rotatable bonds is 4. The monoisotopic (exact) mass is 724 g/mol. The standard InChI is InChI=1S/C51H28N6/c52-29-32-20-23-48-41(26-32)39-13-4-8-18-47(39)55(48)44-15-5-1-10-36(44)34-22-25-43(35(28-34)31-54)57-49-24-21-33(30-53)27-42(49)40-14-9-19-50(51(40)57)56-45-16-6-2-11-37(45)38-12-3-7-17-46(38)56/h1-28H. The van der Waals surface area contributed by atoms with Gasteiger partial charge < -0.3 is 13.7 Å². The van der Waals surface area contributed by atoms with Crippen molar-refractivity contribution in [2.75, 3.05) is 0 Å². The molecule has 0 unspecified atom stereocenters. The Morgan fingerprint density at radius 3 is 1.46 bits per heavy atom. The van der Waals surface area contributed by atoms with Crippen molar-refractivity contribution in [3.05, 3.63) is 187 Å². The third-order valence-corrected chi connectivity index (χ3v) is 11.3. The largest absolute Gasteiger partial charge is 0.309 e. The summed E-state index contributed by atoms with van der Waals surface area (Å²) in [4.78, 5) is 0. The summed E-state index contributed by atoms with van der Waals surface area (Å²) in [6.45, 7) is 0. The van der Waals surface area contributed by atoms with Crippen molar-refractivity contribution in [2.24, 2.45) is 0 Å². The van der Waals surface area contributed by atoms with Gasteiger partial charge in [0.2, 0.25) is 0 Å². The molecule has 11 rings (SSSR count). The Kier molecular flexibility index (Phi) is 6.95. The first-order valence-corrected chi connectivity index (χ1v) is 18.7. The SMILES string of the molecule is N#Cc1ccc2c(c1)c1ccccc1n2-c1ccccc1-c1ccc(-n2c3ccc(C#N)cc3c3cccc(-n4c5ccccc5c5ccccc54)c32)c(C#N)c1. The van der Waals surface area contributed by atoms with Gasteiger partial charge in [-0.3, -0.25) is 0 Å². The Hall–Kier alpha value is -8.37. The predicted molar refractivity (Wildman–Crippen MR) is 229 cm³/mol. The molecule has 0 radical (unpaired) electrons. The first kappa shape index (κ1) is 32.1. The van der Waals surface area contributed by atoms with Gasteiger partial charge in [0, 0.05) is 37.9 Å². The van der Waals surface area contributed by atoms with E-state index in [1.807, 2.05) is 66.7 Å². The Bertz CT molecular complexity index is 3580. The van der Waals surface area contributed by atoms with Crippen molar-refractivity contribution in [2.45, 2.75) is 0 Å². The van der Waals surface area contributed by atoms with E-state index in [1.165, 1.54) is 0 Å². The molecule has 0 atom stereocenters. The lowest BCUT2D eigenvalue weighted by molar-refractivity contribution is 1.12. The van der Waals surface area contributed by atoms with Gasteiger partial charge in [-0.1, -0.05) is 91.0 Å². The van der Waals surface area contributed by atoms with E-state index in [1.54, 1.807) is 0 Å². The van der Waals surface area contributed by atoms with Crippen LogP contribution in [0, 0.1) is 34.0 Å². The van der Waals surface area contributed by atoms with Gasteiger partial charge in [0.15, 0.2) is 0 Å². The van der Waals surface area contributed by atoms with Crippen LogP contribution in [0.4, 0.5) is 0 Å². The van der Waals surface area contributed by atoms with Crippen molar-refractivity contribution in [3.8, 4) is 46.4 Å². The maximum Gasteiger partial charge on any atom is 0.101 e. The van der Waals surface area contributed by atoms with Crippen molar-refractivity contribution in [3.63, 3.8) is 0 Å². The van der Waals surface area contributed by atoms with E-state index < -0.39 is 0 Å². The summed E-state index contributed by atoms with van der Waals surface area (Å²) < 4.78 is 6.76. The van der Waals surface area contributed by atoms with Gasteiger partial charge in [0.1, 0.15) is 6.07 Å². The zero-order valence-electron chi connectivity index (χ0n) is 30.3. The molecule has 3 aromatic heterocycles. The van der Waals surface area contributed by atoms with Crippen LogP contribution in [0.5, 0.6) is 0 Å². The van der Waals surface area contributed by atoms with Crippen LogP contribution < -0.4 is 0 Å². The summed E-state index contributed by atoms with van der Waals surface area (Å²) in [5.41, 5.74) is 12.3. The maximum absolute atomic E-state index is 11.0. The second-order valence-electron chi connectivity index (χ2n) is 14.3. The third kappa shape index (κ3) is 4.61. The second kappa shape index (κ2) is 12.3. The van der Waals surface area contributed by atoms with Crippen LogP contribution in [-0.4, -0.2) is 13.7 Å². The molecule has 3 heterocycles. The summed E-state index contributed by atoms with van der Waals surface area (Å²) in [6.07, 6.45) is 0. The van der Waals surface area contributed by atoms with Crippen LogP contribution in [0.2, 0.25) is 0 Å². The lowest BCUT2D eigenvalue weighted by Crippen LogP contribution is -2.03. The quantitative estimate of drug-likeness (QED) is 0.181. The van der Waals surface area contributed by atoms with Gasteiger partial charge in [0.05, 0.1) is 79.0 Å². The molecule has 57 heavy (non-hydrogen) atoms. The molecule has 8 aromatic carbocycles. The van der Waals surface area contributed by atoms with E-state index in [9.17, 15) is 15.8 Å². The lowest BCUT2D eigenvalue weighted by Gasteiger charge is -2.17. The minimum Gasteiger partial charge on any atom is -0.309 e. The Morgan fingerprint density at radius 1 is 0.333 bits per heavy atom. The molecule has 262 valence electrons. The summed E-state index contributed by atoms with van der Waals surface area (Å²) in [5.74, 6) is 0. The third-order valence-electron chi connectivity index (χ3n) is 11.3. The highest BCUT2D eigenvalue weighted by Gasteiger charge is 2.23. The molecule has 0 bridgehead atoms. The van der Waals surface area contributed by atoms with Crippen LogP contribution in [0.25, 0.3) is 93.6 Å². The van der Waals surface area contributed by atoms with Crippen LogP contribution in [0.1, 0.15) is 16.7 Å². The summed E-state index contributed by atoms with van der Waals surface area (Å²) in [7, 11) is 0. The first-order chi connectivity index (χ1) is 28.2. The molecule has 0 N–H and O–H groups in total. The Morgan fingerprint density at radius 2 is 0.825 bits per heavy atom. The van der Waals surface area contributed by atoms with E-state index in [2.05, 4.69) is 135 Å². The fourth-order valence-corrected chi connectivity index (χ4v) is 8.94. The van der Waals surface area contributed by atoms with Crippen LogP contribution in [0.15, 0.2) is 170 Å². The van der Waals surface area contributed by atoms with Gasteiger partial charge >= 0.3 is 0 Å². The Labute approximate surface area is 326 Å². The predicted octanol–water partition coefficient (Wildman–Crippen LogP) is 12.3. The molecular formula is C51H28N6. The second-order valence-corrected chi connectivity index (χ2v) is 14.3. The molecule has 0 aliphatic carbocycles. The molecule has 6 heteroatoms. The highest BCUT2D eigenvalue weighted by Crippen LogP contribution is 2.42. The number of nitrogens with zero attached hydrogens (tertiary/aromatic N) is 6. The molecule has 11 aromatic rings. The summed E-state index contributed by atoms with van der Waals surface area (Å²) in [6, 6.07) is 64.7. The molecule has 0 saturated heterocycles. The van der Waals surface area contributed by atoms with E-state index in [4.69, 9.17) is 0 Å². The van der Waals surface area contributed by atoms with Gasteiger partial charge in [-0.05, 0) is 84.4 Å². The number of benzene rings is 8. The molecule has 0 spiro atoms. The van der Waals surface area contributed by atoms with Gasteiger partial charge in [-0.25, -0.2) is 0 Å². The number of fused-ring (bicyclic) bond motifs is 9. The highest BCUT2D eigenvalue weighted by atomic mass is 15.1. The van der Waals surface area contributed by atoms with Crippen LogP contribution in [-0.2, 0) is 0 Å². The first-order valence-electron chi connectivity index (χ1n) is 18.7. The minimum atomic E-state index is 0.517. The average Bonchev–Trinajstić information content (AvgIpc) is 3.91. The topological polar surface area (TPSA) is 86.2 Å². The number of hydrogen-bond acceptors (Lipinski definition) is 3. The molecule has 0 saturated carbocycles. The Balaban J connectivity index is 1.18. The normalized spacial score (nSPS) is 11.5. The number of hydrogen-bond donors (Lipinski definition) is 0. The zero-order valence-corrected chi connectivity index (χ0v) is 30.3. The van der Waals surface area contributed by atoms with Gasteiger partial charge in [-0.2, -0.15) is 15.8 Å². The highest BCUT2D eigenvalue weighted by molar-refractivity contribution is 6.15. The molecule has 0 amide bonds.